The van der Waals surface area contributed by atoms with Crippen molar-refractivity contribution in [3.8, 4) is 10.6 Å². The van der Waals surface area contributed by atoms with Crippen LogP contribution in [0.25, 0.3) is 15.5 Å². The molecule has 0 aliphatic heterocycles. The van der Waals surface area contributed by atoms with Gasteiger partial charge in [-0.1, -0.05) is 23.8 Å². The van der Waals surface area contributed by atoms with Gasteiger partial charge in [0.15, 0.2) is 5.82 Å². The molecular formula is C13H12BrN5S. The molecule has 0 unspecified atom stereocenters. The zero-order chi connectivity index (χ0) is 13.7. The number of fused-ring (bicyclic) bond motifs is 1. The molecule has 0 atom stereocenters. The van der Waals surface area contributed by atoms with Gasteiger partial charge in [-0.05, 0) is 40.9 Å². The molecular weight excluding hydrogens is 338 g/mol. The number of nitrogens with zero attached hydrogens (tertiary/aromatic N) is 4. The number of aromatic nitrogens is 4. The van der Waals surface area contributed by atoms with Gasteiger partial charge in [0.25, 0.3) is 0 Å². The lowest BCUT2D eigenvalue weighted by Gasteiger charge is -2.22. The fourth-order valence-electron chi connectivity index (χ4n) is 2.39. The highest BCUT2D eigenvalue weighted by atomic mass is 79.9. The second-order valence-electron chi connectivity index (χ2n) is 4.99. The Hall–Kier alpha value is -1.47. The summed E-state index contributed by atoms with van der Waals surface area (Å²) in [6, 6.07) is 5.87. The second kappa shape index (κ2) is 4.53. The molecule has 3 aromatic rings. The minimum Gasteiger partial charge on any atom is -0.397 e. The van der Waals surface area contributed by atoms with Crippen molar-refractivity contribution in [2.24, 2.45) is 0 Å². The highest BCUT2D eigenvalue weighted by molar-refractivity contribution is 9.10. The highest BCUT2D eigenvalue weighted by Crippen LogP contribution is 2.38. The van der Waals surface area contributed by atoms with Crippen molar-refractivity contribution >= 4 is 37.9 Å². The Labute approximate surface area is 128 Å². The van der Waals surface area contributed by atoms with Crippen molar-refractivity contribution in [3.05, 3.63) is 28.5 Å². The Kier molecular flexibility index (Phi) is 2.78. The number of halogens is 1. The van der Waals surface area contributed by atoms with E-state index in [0.717, 1.165) is 25.8 Å². The van der Waals surface area contributed by atoms with Gasteiger partial charge in [-0.15, -0.1) is 10.2 Å². The van der Waals surface area contributed by atoms with Crippen LogP contribution in [0.1, 0.15) is 31.0 Å². The van der Waals surface area contributed by atoms with Gasteiger partial charge in [0.2, 0.25) is 4.96 Å². The van der Waals surface area contributed by atoms with Gasteiger partial charge in [0.05, 0.1) is 5.69 Å². The Morgan fingerprint density at radius 3 is 2.90 bits per heavy atom. The number of hydrogen-bond acceptors (Lipinski definition) is 5. The van der Waals surface area contributed by atoms with E-state index in [2.05, 4.69) is 31.2 Å². The fraction of sp³-hybridized carbons (Fsp3) is 0.308. The quantitative estimate of drug-likeness (QED) is 0.719. The topological polar surface area (TPSA) is 69.1 Å². The SMILES string of the molecule is Nc1c(Br)cccc1-c1nn2c(C3CCC3)nnc2s1. The molecule has 20 heavy (non-hydrogen) atoms. The molecule has 2 heterocycles. The van der Waals surface area contributed by atoms with Crippen LogP contribution in [-0.4, -0.2) is 19.8 Å². The molecule has 5 nitrogen and oxygen atoms in total. The van der Waals surface area contributed by atoms with Crippen LogP contribution < -0.4 is 5.73 Å². The van der Waals surface area contributed by atoms with Crippen LogP contribution in [0.4, 0.5) is 5.69 Å². The van der Waals surface area contributed by atoms with Crippen molar-refractivity contribution in [2.45, 2.75) is 25.2 Å². The molecule has 0 saturated heterocycles. The predicted molar refractivity (Wildman–Crippen MR) is 82.8 cm³/mol. The maximum atomic E-state index is 6.11. The lowest BCUT2D eigenvalue weighted by Crippen LogP contribution is -2.13. The van der Waals surface area contributed by atoms with Gasteiger partial charge in [-0.2, -0.15) is 9.61 Å². The molecule has 0 amide bonds. The van der Waals surface area contributed by atoms with Crippen LogP contribution in [-0.2, 0) is 0 Å². The van der Waals surface area contributed by atoms with E-state index in [-0.39, 0.29) is 0 Å². The van der Waals surface area contributed by atoms with Crippen molar-refractivity contribution < 1.29 is 0 Å². The van der Waals surface area contributed by atoms with E-state index in [1.807, 2.05) is 22.7 Å². The summed E-state index contributed by atoms with van der Waals surface area (Å²) < 4.78 is 2.77. The number of benzene rings is 1. The molecule has 7 heteroatoms. The number of anilines is 1. The highest BCUT2D eigenvalue weighted by Gasteiger charge is 2.26. The van der Waals surface area contributed by atoms with E-state index in [1.165, 1.54) is 30.6 Å². The normalized spacial score (nSPS) is 15.7. The van der Waals surface area contributed by atoms with Gasteiger partial charge in [-0.25, -0.2) is 0 Å². The molecule has 0 radical (unpaired) electrons. The molecule has 4 rings (SSSR count). The summed E-state index contributed by atoms with van der Waals surface area (Å²) in [4.78, 5) is 0.835. The van der Waals surface area contributed by atoms with E-state index >= 15 is 0 Å². The Balaban J connectivity index is 1.84. The van der Waals surface area contributed by atoms with Crippen LogP contribution >= 0.6 is 27.3 Å². The fourth-order valence-corrected chi connectivity index (χ4v) is 3.64. The first-order valence-corrected chi connectivity index (χ1v) is 8.11. The zero-order valence-electron chi connectivity index (χ0n) is 10.6. The standard InChI is InChI=1S/C13H12BrN5S/c14-9-6-2-5-8(10(9)15)12-18-19-11(7-3-1-4-7)16-17-13(19)20-12/h2,5-7H,1,3-4,15H2. The summed E-state index contributed by atoms with van der Waals surface area (Å²) in [6.07, 6.45) is 3.65. The Bertz CT molecular complexity index is 789. The van der Waals surface area contributed by atoms with Crippen LogP contribution in [0, 0.1) is 0 Å². The number of hydrogen-bond donors (Lipinski definition) is 1. The van der Waals surface area contributed by atoms with E-state index in [0.29, 0.717) is 11.6 Å². The van der Waals surface area contributed by atoms with Gasteiger partial charge in [0.1, 0.15) is 5.01 Å². The van der Waals surface area contributed by atoms with Gasteiger partial charge in [0, 0.05) is 16.0 Å². The molecule has 1 aliphatic rings. The van der Waals surface area contributed by atoms with Crippen molar-refractivity contribution in [1.29, 1.82) is 0 Å². The third-order valence-corrected chi connectivity index (χ3v) is 5.39. The molecule has 0 spiro atoms. The number of nitrogens with two attached hydrogens (primary N) is 1. The molecule has 0 bridgehead atoms. The molecule has 1 fully saturated rings. The van der Waals surface area contributed by atoms with Crippen LogP contribution in [0.15, 0.2) is 22.7 Å². The summed E-state index contributed by atoms with van der Waals surface area (Å²) >= 11 is 4.98. The first kappa shape index (κ1) is 12.3. The molecule has 1 aliphatic carbocycles. The molecule has 2 N–H and O–H groups in total. The smallest absolute Gasteiger partial charge is 0.234 e. The van der Waals surface area contributed by atoms with E-state index in [1.54, 1.807) is 0 Å². The maximum absolute atomic E-state index is 6.11. The number of rotatable bonds is 2. The Morgan fingerprint density at radius 2 is 2.15 bits per heavy atom. The zero-order valence-corrected chi connectivity index (χ0v) is 13.0. The van der Waals surface area contributed by atoms with Crippen LogP contribution in [0.5, 0.6) is 0 Å². The summed E-state index contributed by atoms with van der Waals surface area (Å²) in [5.41, 5.74) is 7.76. The second-order valence-corrected chi connectivity index (χ2v) is 6.80. The summed E-state index contributed by atoms with van der Waals surface area (Å²) in [6.45, 7) is 0. The van der Waals surface area contributed by atoms with Crippen molar-refractivity contribution in [2.75, 3.05) is 5.73 Å². The molecule has 1 aromatic carbocycles. The monoisotopic (exact) mass is 349 g/mol. The number of para-hydroxylation sites is 1. The average molecular weight is 350 g/mol. The first-order chi connectivity index (χ1) is 9.74. The molecule has 1 saturated carbocycles. The molecule has 2 aromatic heterocycles. The summed E-state index contributed by atoms with van der Waals surface area (Å²) in [5.74, 6) is 1.50. The van der Waals surface area contributed by atoms with Gasteiger partial charge < -0.3 is 5.73 Å². The van der Waals surface area contributed by atoms with E-state index in [9.17, 15) is 0 Å². The van der Waals surface area contributed by atoms with Gasteiger partial charge >= 0.3 is 0 Å². The maximum Gasteiger partial charge on any atom is 0.234 e. The van der Waals surface area contributed by atoms with E-state index < -0.39 is 0 Å². The lowest BCUT2D eigenvalue weighted by molar-refractivity contribution is 0.395. The number of nitrogen functional groups attached to an aromatic ring is 1. The third kappa shape index (κ3) is 1.76. The minimum atomic E-state index is 0.514. The first-order valence-electron chi connectivity index (χ1n) is 6.50. The minimum absolute atomic E-state index is 0.514. The van der Waals surface area contributed by atoms with Crippen LogP contribution in [0.3, 0.4) is 0 Å². The summed E-state index contributed by atoms with van der Waals surface area (Å²) in [5, 5.41) is 14.0. The third-order valence-electron chi connectivity index (χ3n) is 3.77. The lowest BCUT2D eigenvalue weighted by atomic mass is 9.85. The Morgan fingerprint density at radius 1 is 1.30 bits per heavy atom. The summed E-state index contributed by atoms with van der Waals surface area (Å²) in [7, 11) is 0. The van der Waals surface area contributed by atoms with Crippen molar-refractivity contribution in [1.82, 2.24) is 19.8 Å². The largest absolute Gasteiger partial charge is 0.397 e. The van der Waals surface area contributed by atoms with Gasteiger partial charge in [-0.3, -0.25) is 0 Å². The van der Waals surface area contributed by atoms with E-state index in [4.69, 9.17) is 5.73 Å². The predicted octanol–water partition coefficient (Wildman–Crippen LogP) is 3.47. The van der Waals surface area contributed by atoms with Crippen LogP contribution in [0.2, 0.25) is 0 Å². The van der Waals surface area contributed by atoms with Crippen molar-refractivity contribution in [3.63, 3.8) is 0 Å². The average Bonchev–Trinajstić information content (AvgIpc) is 2.93. The molecule has 102 valence electrons.